The Morgan fingerprint density at radius 1 is 0.559 bits per heavy atom. The van der Waals surface area contributed by atoms with Gasteiger partial charge < -0.3 is 20.0 Å². The van der Waals surface area contributed by atoms with E-state index in [9.17, 15) is 0 Å². The van der Waals surface area contributed by atoms with Crippen LogP contribution in [0.4, 0.5) is 11.6 Å². The van der Waals surface area contributed by atoms with E-state index in [1.807, 2.05) is 12.3 Å². The first-order valence-electron chi connectivity index (χ1n) is 22.0. The number of aryl methyl sites for hydroxylation is 2. The zero-order valence-corrected chi connectivity index (χ0v) is 35.6. The standard InChI is InChI=1S/C47H60N12/c1-32-11-10-18-49-42(32)36-12-8-15-39(54(36)4)45-46(56-23-19-48-20-24-56)59-22-17-34(30-41(59)52-45)35-29-33(2)43(50-31-35)37-13-9-14-38(55(37)5)44-47(57-27-25-53(3)26-28-57)58-21-7-6-16-40(58)51-44/h6-7,10-11,16-18,21-22,29-31,36-39,48H,8-9,12-15,19-20,23-28H2,1-5H3/t36-,37-,38+,39+/m0/s1. The molecule has 0 bridgehead atoms. The van der Waals surface area contributed by atoms with Crippen LogP contribution in [0.25, 0.3) is 22.4 Å². The predicted molar refractivity (Wildman–Crippen MR) is 236 cm³/mol. The topological polar surface area (TPSA) is 88.6 Å². The maximum atomic E-state index is 5.52. The van der Waals surface area contributed by atoms with Crippen LogP contribution in [-0.4, -0.2) is 117 Å². The van der Waals surface area contributed by atoms with Gasteiger partial charge in [0.15, 0.2) is 0 Å². The predicted octanol–water partition coefficient (Wildman–Crippen LogP) is 7.01. The average Bonchev–Trinajstić information content (AvgIpc) is 3.84. The molecular weight excluding hydrogens is 733 g/mol. The SMILES string of the molecule is Cc1cccnc1[C@@H]1CCC[C@H](c2nc3cc(-c4cnc([C@@H]5CCC[C@H](c6nc7ccccn7c6N6CCN(C)CC6)N5C)c(C)c4)ccn3c2N2CCNCC2)N1C. The summed E-state index contributed by atoms with van der Waals surface area (Å²) in [4.78, 5) is 33.7. The van der Waals surface area contributed by atoms with E-state index >= 15 is 0 Å². The monoisotopic (exact) mass is 793 g/mol. The average molecular weight is 793 g/mol. The van der Waals surface area contributed by atoms with Crippen LogP contribution in [0.15, 0.2) is 73.3 Å². The van der Waals surface area contributed by atoms with Gasteiger partial charge in [-0.15, -0.1) is 0 Å². The number of rotatable bonds is 7. The van der Waals surface area contributed by atoms with Gasteiger partial charge in [-0.2, -0.15) is 0 Å². The molecule has 12 nitrogen and oxygen atoms in total. The number of piperazine rings is 2. The van der Waals surface area contributed by atoms with Gasteiger partial charge in [0.2, 0.25) is 0 Å². The van der Waals surface area contributed by atoms with E-state index in [2.05, 4.69) is 135 Å². The lowest BCUT2D eigenvalue weighted by Gasteiger charge is -2.41. The second kappa shape index (κ2) is 15.9. The lowest BCUT2D eigenvalue weighted by molar-refractivity contribution is 0.109. The third-order valence-corrected chi connectivity index (χ3v) is 14.0. The van der Waals surface area contributed by atoms with E-state index in [0.29, 0.717) is 0 Å². The van der Waals surface area contributed by atoms with Gasteiger partial charge >= 0.3 is 0 Å². The van der Waals surface area contributed by atoms with E-state index in [-0.39, 0.29) is 24.2 Å². The Kier molecular flexibility index (Phi) is 10.4. The minimum atomic E-state index is 0.209. The van der Waals surface area contributed by atoms with E-state index in [1.165, 1.54) is 45.5 Å². The van der Waals surface area contributed by atoms with Gasteiger partial charge in [0, 0.05) is 82.7 Å². The molecule has 4 aliphatic heterocycles. The van der Waals surface area contributed by atoms with Gasteiger partial charge in [-0.3, -0.25) is 28.6 Å². The number of hydrogen-bond donors (Lipinski definition) is 1. The Balaban J connectivity index is 0.954. The van der Waals surface area contributed by atoms with Crippen LogP contribution >= 0.6 is 0 Å². The second-order valence-corrected chi connectivity index (χ2v) is 17.6. The van der Waals surface area contributed by atoms with E-state index in [1.54, 1.807) is 0 Å². The van der Waals surface area contributed by atoms with Crippen molar-refractivity contribution < 1.29 is 0 Å². The molecule has 0 aromatic carbocycles. The number of likely N-dealkylation sites (N-methyl/N-ethyl adjacent to an activating group) is 1. The normalized spacial score (nSPS) is 24.1. The first-order valence-corrected chi connectivity index (χ1v) is 22.0. The molecule has 12 heteroatoms. The van der Waals surface area contributed by atoms with Crippen molar-refractivity contribution in [1.82, 2.24) is 48.8 Å². The number of fused-ring (bicyclic) bond motifs is 2. The first kappa shape index (κ1) is 38.3. The Hall–Kier alpha value is -4.88. The molecule has 6 aromatic rings. The highest BCUT2D eigenvalue weighted by Crippen LogP contribution is 2.45. The summed E-state index contributed by atoms with van der Waals surface area (Å²) in [7, 11) is 6.80. The zero-order valence-electron chi connectivity index (χ0n) is 35.6. The van der Waals surface area contributed by atoms with Crippen molar-refractivity contribution in [2.75, 3.05) is 83.3 Å². The summed E-state index contributed by atoms with van der Waals surface area (Å²) < 4.78 is 4.66. The maximum absolute atomic E-state index is 5.52. The van der Waals surface area contributed by atoms with Crippen molar-refractivity contribution in [1.29, 1.82) is 0 Å². The Labute approximate surface area is 348 Å². The van der Waals surface area contributed by atoms with E-state index < -0.39 is 0 Å². The minimum Gasteiger partial charge on any atom is -0.354 e. The molecule has 0 saturated carbocycles. The second-order valence-electron chi connectivity index (χ2n) is 17.6. The molecule has 4 fully saturated rings. The van der Waals surface area contributed by atoms with Crippen molar-refractivity contribution in [2.45, 2.75) is 76.5 Å². The maximum Gasteiger partial charge on any atom is 0.139 e. The third-order valence-electron chi connectivity index (χ3n) is 14.0. The zero-order chi connectivity index (χ0) is 40.2. The van der Waals surface area contributed by atoms with Gasteiger partial charge in [-0.1, -0.05) is 12.1 Å². The quantitative estimate of drug-likeness (QED) is 0.182. The van der Waals surface area contributed by atoms with Gasteiger partial charge in [0.1, 0.15) is 34.3 Å². The summed E-state index contributed by atoms with van der Waals surface area (Å²) in [6, 6.07) is 18.4. The number of anilines is 2. The number of hydrogen-bond acceptors (Lipinski definition) is 10. The molecule has 4 aliphatic rings. The number of imidazole rings is 2. The largest absolute Gasteiger partial charge is 0.354 e. The van der Waals surface area contributed by atoms with Crippen LogP contribution < -0.4 is 15.1 Å². The molecule has 0 radical (unpaired) electrons. The van der Waals surface area contributed by atoms with Gasteiger partial charge in [-0.25, -0.2) is 9.97 Å². The molecule has 10 rings (SSSR count). The highest BCUT2D eigenvalue weighted by molar-refractivity contribution is 5.70. The van der Waals surface area contributed by atoms with Crippen LogP contribution in [0.2, 0.25) is 0 Å². The number of piperidine rings is 2. The highest BCUT2D eigenvalue weighted by atomic mass is 15.3. The van der Waals surface area contributed by atoms with Crippen molar-refractivity contribution in [3.8, 4) is 11.1 Å². The molecule has 4 saturated heterocycles. The number of pyridine rings is 4. The van der Waals surface area contributed by atoms with Gasteiger partial charge in [-0.05, 0) is 127 Å². The number of likely N-dealkylation sites (tertiary alicyclic amines) is 2. The van der Waals surface area contributed by atoms with Crippen molar-refractivity contribution in [3.05, 3.63) is 107 Å². The number of aromatic nitrogens is 6. The van der Waals surface area contributed by atoms with Crippen molar-refractivity contribution in [3.63, 3.8) is 0 Å². The van der Waals surface area contributed by atoms with Crippen LogP contribution in [0.1, 0.15) is 96.6 Å². The van der Waals surface area contributed by atoms with Crippen LogP contribution in [0.3, 0.4) is 0 Å². The molecule has 10 heterocycles. The summed E-state index contributed by atoms with van der Waals surface area (Å²) in [6.45, 7) is 12.5. The lowest BCUT2D eigenvalue weighted by Crippen LogP contribution is -2.45. The smallest absolute Gasteiger partial charge is 0.139 e. The molecule has 1 N–H and O–H groups in total. The molecule has 59 heavy (non-hydrogen) atoms. The molecule has 4 atom stereocenters. The van der Waals surface area contributed by atoms with Gasteiger partial charge in [0.05, 0.1) is 35.6 Å². The summed E-state index contributed by atoms with van der Waals surface area (Å²) in [5.74, 6) is 2.51. The molecule has 0 spiro atoms. The van der Waals surface area contributed by atoms with E-state index in [0.717, 1.165) is 113 Å². The van der Waals surface area contributed by atoms with Crippen molar-refractivity contribution in [2.24, 2.45) is 0 Å². The summed E-state index contributed by atoms with van der Waals surface area (Å²) in [6.07, 6.45) is 15.2. The van der Waals surface area contributed by atoms with Gasteiger partial charge in [0.25, 0.3) is 0 Å². The minimum absolute atomic E-state index is 0.209. The Morgan fingerprint density at radius 2 is 1.17 bits per heavy atom. The number of nitrogens with one attached hydrogen (secondary N) is 1. The van der Waals surface area contributed by atoms with Crippen LogP contribution in [0.5, 0.6) is 0 Å². The van der Waals surface area contributed by atoms with E-state index in [4.69, 9.17) is 19.9 Å². The summed E-state index contributed by atoms with van der Waals surface area (Å²) in [5, 5.41) is 3.56. The lowest BCUT2D eigenvalue weighted by atomic mass is 9.90. The molecule has 0 aliphatic carbocycles. The summed E-state index contributed by atoms with van der Waals surface area (Å²) in [5.41, 5.74) is 11.6. The fourth-order valence-corrected chi connectivity index (χ4v) is 10.7. The molecule has 6 aromatic heterocycles. The number of nitrogens with zero attached hydrogens (tertiary/aromatic N) is 11. The highest BCUT2D eigenvalue weighted by Gasteiger charge is 2.38. The van der Waals surface area contributed by atoms with Crippen LogP contribution in [0, 0.1) is 13.8 Å². The molecule has 308 valence electrons. The third kappa shape index (κ3) is 6.97. The summed E-state index contributed by atoms with van der Waals surface area (Å²) >= 11 is 0. The molecular formula is C47H60N12. The fraction of sp³-hybridized carbons (Fsp3) is 0.489. The molecule has 0 amide bonds. The Bertz CT molecular complexity index is 2440. The molecule has 0 unspecified atom stereocenters. The van der Waals surface area contributed by atoms with Crippen LogP contribution in [-0.2, 0) is 0 Å². The Morgan fingerprint density at radius 3 is 1.83 bits per heavy atom. The fourth-order valence-electron chi connectivity index (χ4n) is 10.7. The first-order chi connectivity index (χ1) is 28.8. The van der Waals surface area contributed by atoms with Crippen molar-refractivity contribution >= 4 is 22.9 Å².